The molecule has 0 radical (unpaired) electrons. The van der Waals surface area contributed by atoms with Crippen LogP contribution in [-0.4, -0.2) is 57.3 Å². The van der Waals surface area contributed by atoms with Crippen molar-refractivity contribution in [2.75, 3.05) is 11.5 Å². The molecular formula is C26H26N6O6. The Morgan fingerprint density at radius 2 is 1.03 bits per heavy atom. The number of nitrogen functional groups attached to an aromatic ring is 2. The number of hydrogen-bond acceptors (Lipinski definition) is 8. The molecule has 0 bridgehead atoms. The van der Waals surface area contributed by atoms with E-state index >= 15 is 0 Å². The van der Waals surface area contributed by atoms with E-state index < -0.39 is 23.9 Å². The SMILES string of the molecule is Nc1cccc2c1CN([C@@H]1CCC(=O)NC1=O)C2=O.Nc1cccc2c1CN([C@H]1CCC(=O)NC1=O)C2=O. The van der Waals surface area contributed by atoms with E-state index in [2.05, 4.69) is 10.6 Å². The first kappa shape index (κ1) is 24.9. The minimum atomic E-state index is -0.586. The van der Waals surface area contributed by atoms with E-state index in [0.29, 0.717) is 48.4 Å². The van der Waals surface area contributed by atoms with Crippen LogP contribution in [0.4, 0.5) is 11.4 Å². The molecule has 0 aliphatic carbocycles. The maximum atomic E-state index is 12.3. The van der Waals surface area contributed by atoms with Gasteiger partial charge in [-0.15, -0.1) is 0 Å². The molecule has 196 valence electrons. The molecule has 0 spiro atoms. The quantitative estimate of drug-likeness (QED) is 0.317. The third kappa shape index (κ3) is 4.33. The molecule has 2 aromatic rings. The lowest BCUT2D eigenvalue weighted by molar-refractivity contribution is -0.138. The number of fused-ring (bicyclic) bond motifs is 2. The van der Waals surface area contributed by atoms with Crippen molar-refractivity contribution in [2.45, 2.75) is 50.9 Å². The molecule has 0 aromatic heterocycles. The van der Waals surface area contributed by atoms with Crippen molar-refractivity contribution in [3.63, 3.8) is 0 Å². The standard InChI is InChI=1S/2C13H13N3O3/c2*14-9-3-1-2-7-8(9)6-16(13(7)19)10-4-5-11(17)15-12(10)18/h2*1-3,10H,4-6,14H2,(H,15,17,18)/t2*10-/m10/s1. The van der Waals surface area contributed by atoms with Gasteiger partial charge in [0.25, 0.3) is 11.8 Å². The molecule has 2 saturated heterocycles. The van der Waals surface area contributed by atoms with Crippen molar-refractivity contribution in [2.24, 2.45) is 0 Å². The van der Waals surface area contributed by atoms with Crippen LogP contribution in [0.2, 0.25) is 0 Å². The Labute approximate surface area is 217 Å². The molecule has 12 heteroatoms. The third-order valence-electron chi connectivity index (χ3n) is 7.24. The number of imide groups is 2. The zero-order valence-electron chi connectivity index (χ0n) is 20.4. The highest BCUT2D eigenvalue weighted by Crippen LogP contribution is 2.32. The summed E-state index contributed by atoms with van der Waals surface area (Å²) in [4.78, 5) is 73.4. The summed E-state index contributed by atoms with van der Waals surface area (Å²) in [5, 5.41) is 4.53. The summed E-state index contributed by atoms with van der Waals surface area (Å²) in [6.45, 7) is 0.653. The molecular weight excluding hydrogens is 492 g/mol. The Kier molecular flexibility index (Phi) is 6.31. The second kappa shape index (κ2) is 9.61. The normalized spacial score (nSPS) is 22.4. The fourth-order valence-corrected chi connectivity index (χ4v) is 5.22. The topological polar surface area (TPSA) is 185 Å². The van der Waals surface area contributed by atoms with Crippen molar-refractivity contribution in [1.29, 1.82) is 0 Å². The van der Waals surface area contributed by atoms with E-state index in [4.69, 9.17) is 11.5 Å². The van der Waals surface area contributed by atoms with E-state index in [9.17, 15) is 28.8 Å². The van der Waals surface area contributed by atoms with Crippen molar-refractivity contribution in [3.05, 3.63) is 58.7 Å². The fourth-order valence-electron chi connectivity index (χ4n) is 5.22. The number of amides is 6. The summed E-state index contributed by atoms with van der Waals surface area (Å²) in [7, 11) is 0. The van der Waals surface area contributed by atoms with Gasteiger partial charge in [-0.1, -0.05) is 12.1 Å². The molecule has 6 rings (SSSR count). The van der Waals surface area contributed by atoms with Gasteiger partial charge in [-0.05, 0) is 37.1 Å². The molecule has 6 amide bonds. The van der Waals surface area contributed by atoms with Crippen LogP contribution >= 0.6 is 0 Å². The number of nitrogens with one attached hydrogen (secondary N) is 2. The molecule has 2 fully saturated rings. The van der Waals surface area contributed by atoms with Crippen LogP contribution in [-0.2, 0) is 32.3 Å². The molecule has 38 heavy (non-hydrogen) atoms. The van der Waals surface area contributed by atoms with Gasteiger partial charge in [-0.2, -0.15) is 0 Å². The van der Waals surface area contributed by atoms with Gasteiger partial charge in [0.05, 0.1) is 0 Å². The summed E-state index contributed by atoms with van der Waals surface area (Å²) in [6.07, 6.45) is 1.24. The van der Waals surface area contributed by atoms with Crippen molar-refractivity contribution < 1.29 is 28.8 Å². The minimum Gasteiger partial charge on any atom is -0.398 e. The van der Waals surface area contributed by atoms with Crippen LogP contribution in [0.25, 0.3) is 0 Å². The van der Waals surface area contributed by atoms with Gasteiger partial charge in [0.1, 0.15) is 12.1 Å². The van der Waals surface area contributed by atoms with Gasteiger partial charge >= 0.3 is 0 Å². The fraction of sp³-hybridized carbons (Fsp3) is 0.308. The van der Waals surface area contributed by atoms with E-state index in [1.54, 1.807) is 36.4 Å². The van der Waals surface area contributed by atoms with Crippen LogP contribution in [0.15, 0.2) is 36.4 Å². The molecule has 4 heterocycles. The van der Waals surface area contributed by atoms with Crippen LogP contribution in [0, 0.1) is 0 Å². The number of benzene rings is 2. The minimum absolute atomic E-state index is 0.197. The number of piperidine rings is 2. The van der Waals surface area contributed by atoms with Gasteiger partial charge in [0.15, 0.2) is 0 Å². The number of rotatable bonds is 2. The number of nitrogens with zero attached hydrogens (tertiary/aromatic N) is 2. The maximum absolute atomic E-state index is 12.3. The number of carbonyl (C=O) groups is 6. The predicted molar refractivity (Wildman–Crippen MR) is 134 cm³/mol. The number of anilines is 2. The van der Waals surface area contributed by atoms with Gasteiger partial charge in [0.2, 0.25) is 23.6 Å². The molecule has 0 saturated carbocycles. The van der Waals surface area contributed by atoms with Crippen LogP contribution in [0.1, 0.15) is 57.5 Å². The zero-order chi connectivity index (χ0) is 27.1. The lowest BCUT2D eigenvalue weighted by Crippen LogP contribution is -2.52. The average Bonchev–Trinajstić information content (AvgIpc) is 3.39. The summed E-state index contributed by atoms with van der Waals surface area (Å²) in [5.41, 5.74) is 15.4. The molecule has 4 aliphatic heterocycles. The molecule has 2 atom stereocenters. The summed E-state index contributed by atoms with van der Waals surface area (Å²) >= 11 is 0. The predicted octanol–water partition coefficient (Wildman–Crippen LogP) is 0.0596. The molecule has 0 unspecified atom stereocenters. The van der Waals surface area contributed by atoms with Crippen molar-refractivity contribution in [3.8, 4) is 0 Å². The monoisotopic (exact) mass is 518 g/mol. The Morgan fingerprint density at radius 3 is 1.37 bits per heavy atom. The van der Waals surface area contributed by atoms with Crippen LogP contribution < -0.4 is 22.1 Å². The molecule has 6 N–H and O–H groups in total. The summed E-state index contributed by atoms with van der Waals surface area (Å²) in [6, 6.07) is 9.16. The van der Waals surface area contributed by atoms with Crippen molar-refractivity contribution >= 4 is 46.8 Å². The molecule has 4 aliphatic rings. The van der Waals surface area contributed by atoms with Gasteiger partial charge in [-0.25, -0.2) is 0 Å². The number of carbonyl (C=O) groups excluding carboxylic acids is 6. The van der Waals surface area contributed by atoms with E-state index in [0.717, 1.165) is 11.1 Å². The highest BCUT2D eigenvalue weighted by molar-refractivity contribution is 6.07. The van der Waals surface area contributed by atoms with E-state index in [-0.39, 0.29) is 36.5 Å². The third-order valence-corrected chi connectivity index (χ3v) is 7.24. The average molecular weight is 519 g/mol. The van der Waals surface area contributed by atoms with Gasteiger partial charge < -0.3 is 21.3 Å². The first-order chi connectivity index (χ1) is 18.2. The van der Waals surface area contributed by atoms with E-state index in [1.807, 2.05) is 0 Å². The summed E-state index contributed by atoms with van der Waals surface area (Å²) < 4.78 is 0. The Hall–Kier alpha value is -4.74. The highest BCUT2D eigenvalue weighted by atomic mass is 16.2. The second-order valence-corrected chi connectivity index (χ2v) is 9.55. The molecule has 12 nitrogen and oxygen atoms in total. The Bertz CT molecular complexity index is 1300. The second-order valence-electron chi connectivity index (χ2n) is 9.55. The first-order valence-electron chi connectivity index (χ1n) is 12.2. The zero-order valence-corrected chi connectivity index (χ0v) is 20.4. The van der Waals surface area contributed by atoms with Crippen molar-refractivity contribution in [1.82, 2.24) is 20.4 Å². The van der Waals surface area contributed by atoms with E-state index in [1.165, 1.54) is 9.80 Å². The number of hydrogen-bond donors (Lipinski definition) is 4. The van der Waals surface area contributed by atoms with Crippen LogP contribution in [0.3, 0.4) is 0 Å². The largest absolute Gasteiger partial charge is 0.398 e. The maximum Gasteiger partial charge on any atom is 0.255 e. The number of nitrogens with two attached hydrogens (primary N) is 2. The summed E-state index contributed by atoms with van der Waals surface area (Å²) in [5.74, 6) is -1.78. The Balaban J connectivity index is 0.000000155. The van der Waals surface area contributed by atoms with Gasteiger partial charge in [0, 0.05) is 59.6 Å². The van der Waals surface area contributed by atoms with Gasteiger partial charge in [-0.3, -0.25) is 39.4 Å². The smallest absolute Gasteiger partial charge is 0.255 e. The Morgan fingerprint density at radius 1 is 0.632 bits per heavy atom. The lowest BCUT2D eigenvalue weighted by Gasteiger charge is -2.29. The lowest BCUT2D eigenvalue weighted by atomic mass is 10.0. The first-order valence-corrected chi connectivity index (χ1v) is 12.2. The highest BCUT2D eigenvalue weighted by Gasteiger charge is 2.40. The molecule has 2 aromatic carbocycles. The van der Waals surface area contributed by atoms with Crippen LogP contribution in [0.5, 0.6) is 0 Å².